The van der Waals surface area contributed by atoms with Crippen LogP contribution in [0, 0.1) is 6.92 Å². The van der Waals surface area contributed by atoms with Crippen LogP contribution in [0.25, 0.3) is 16.6 Å². The van der Waals surface area contributed by atoms with Crippen LogP contribution in [0.4, 0.5) is 5.82 Å². The average Bonchev–Trinajstić information content (AvgIpc) is 3.16. The molecule has 0 saturated heterocycles. The number of nitrogens with zero attached hydrogens (tertiary/aromatic N) is 3. The molecule has 0 aliphatic carbocycles. The van der Waals surface area contributed by atoms with Crippen molar-refractivity contribution < 1.29 is 0 Å². The van der Waals surface area contributed by atoms with Crippen LogP contribution in [0.3, 0.4) is 0 Å². The van der Waals surface area contributed by atoms with Crippen LogP contribution >= 0.6 is 0 Å². The van der Waals surface area contributed by atoms with E-state index >= 15 is 0 Å². The van der Waals surface area contributed by atoms with Crippen molar-refractivity contribution in [1.29, 1.82) is 0 Å². The Morgan fingerprint density at radius 2 is 1.64 bits per heavy atom. The fourth-order valence-electron chi connectivity index (χ4n) is 5.07. The third-order valence-corrected chi connectivity index (χ3v) is 6.82. The van der Waals surface area contributed by atoms with Crippen LogP contribution in [-0.4, -0.2) is 22.7 Å². The molecule has 3 aromatic rings. The Labute approximate surface area is 167 Å². The van der Waals surface area contributed by atoms with Gasteiger partial charge >= 0.3 is 0 Å². The number of benzene rings is 2. The lowest BCUT2D eigenvalue weighted by Gasteiger charge is -2.33. The molecular formula is C25H29N3. The number of anilines is 1. The second-order valence-electron chi connectivity index (χ2n) is 8.69. The summed E-state index contributed by atoms with van der Waals surface area (Å²) in [5.74, 6) is 2.19. The molecular weight excluding hydrogens is 342 g/mol. The van der Waals surface area contributed by atoms with Gasteiger partial charge in [0.15, 0.2) is 0 Å². The lowest BCUT2D eigenvalue weighted by molar-refractivity contribution is 0.381. The molecule has 2 aromatic carbocycles. The van der Waals surface area contributed by atoms with Crippen molar-refractivity contribution in [2.45, 2.75) is 52.6 Å². The van der Waals surface area contributed by atoms with Gasteiger partial charge in [0.2, 0.25) is 0 Å². The molecule has 3 heterocycles. The Hall–Kier alpha value is -2.68. The van der Waals surface area contributed by atoms with Crippen LogP contribution < -0.4 is 4.90 Å². The van der Waals surface area contributed by atoms with Gasteiger partial charge in [-0.25, -0.2) is 0 Å². The van der Waals surface area contributed by atoms with Crippen LogP contribution in [0.5, 0.6) is 0 Å². The fraction of sp³-hybridized carbons (Fsp3) is 0.360. The van der Waals surface area contributed by atoms with Gasteiger partial charge in [0.1, 0.15) is 12.0 Å². The SMILES string of the molecule is Cc1c(N2C=CN(C)[C@@H]2C)n2c3c(cccc13)C(C)c1cccc(C(C)C)c1-2. The van der Waals surface area contributed by atoms with Crippen molar-refractivity contribution in [1.82, 2.24) is 9.47 Å². The molecule has 1 aromatic heterocycles. The van der Waals surface area contributed by atoms with Gasteiger partial charge in [0, 0.05) is 30.8 Å². The maximum absolute atomic E-state index is 2.56. The first-order valence-corrected chi connectivity index (χ1v) is 10.4. The molecule has 28 heavy (non-hydrogen) atoms. The molecule has 0 N–H and O–H groups in total. The molecule has 1 unspecified atom stereocenters. The van der Waals surface area contributed by atoms with Gasteiger partial charge in [-0.1, -0.05) is 57.2 Å². The number of para-hydroxylation sites is 2. The predicted molar refractivity (Wildman–Crippen MR) is 118 cm³/mol. The molecule has 0 fully saturated rings. The van der Waals surface area contributed by atoms with Crippen molar-refractivity contribution in [2.24, 2.45) is 0 Å². The lowest BCUT2D eigenvalue weighted by Crippen LogP contribution is -2.35. The van der Waals surface area contributed by atoms with Crippen molar-refractivity contribution in [3.05, 3.63) is 71.1 Å². The number of hydrogen-bond donors (Lipinski definition) is 0. The molecule has 144 valence electrons. The van der Waals surface area contributed by atoms with Gasteiger partial charge in [-0.2, -0.15) is 0 Å². The fourth-order valence-corrected chi connectivity index (χ4v) is 5.07. The molecule has 0 spiro atoms. The topological polar surface area (TPSA) is 11.4 Å². The summed E-state index contributed by atoms with van der Waals surface area (Å²) >= 11 is 0. The zero-order chi connectivity index (χ0) is 19.7. The Morgan fingerprint density at radius 1 is 0.929 bits per heavy atom. The minimum atomic E-state index is 0.303. The van der Waals surface area contributed by atoms with Crippen LogP contribution in [0.2, 0.25) is 0 Å². The Morgan fingerprint density at radius 3 is 2.32 bits per heavy atom. The van der Waals surface area contributed by atoms with Crippen LogP contribution in [0.15, 0.2) is 48.8 Å². The average molecular weight is 372 g/mol. The number of rotatable bonds is 2. The minimum Gasteiger partial charge on any atom is -0.359 e. The monoisotopic (exact) mass is 371 g/mol. The molecule has 0 bridgehead atoms. The number of fused-ring (bicyclic) bond motifs is 2. The minimum absolute atomic E-state index is 0.303. The smallest absolute Gasteiger partial charge is 0.123 e. The highest BCUT2D eigenvalue weighted by atomic mass is 15.4. The standard InChI is InChI=1S/C25H29N3/c1-15(2)19-9-7-10-20-16(3)21-11-8-12-22-17(4)25(28(23(19)20)24(21)22)27-14-13-26(6)18(27)5/h7-16,18H,1-6H3/t16?,18-/m0/s1. The van der Waals surface area contributed by atoms with E-state index in [1.54, 1.807) is 0 Å². The van der Waals surface area contributed by atoms with Crippen molar-refractivity contribution in [2.75, 3.05) is 11.9 Å². The molecule has 3 nitrogen and oxygen atoms in total. The quantitative estimate of drug-likeness (QED) is 0.539. The van der Waals surface area contributed by atoms with E-state index < -0.39 is 0 Å². The highest BCUT2D eigenvalue weighted by Gasteiger charge is 2.34. The van der Waals surface area contributed by atoms with E-state index in [4.69, 9.17) is 0 Å². The second-order valence-corrected chi connectivity index (χ2v) is 8.69. The molecule has 2 atom stereocenters. The van der Waals surface area contributed by atoms with Crippen molar-refractivity contribution >= 4 is 16.7 Å². The van der Waals surface area contributed by atoms with Gasteiger partial charge in [-0.05, 0) is 42.0 Å². The summed E-state index contributed by atoms with van der Waals surface area (Å²) < 4.78 is 2.56. The predicted octanol–water partition coefficient (Wildman–Crippen LogP) is 6.10. The van der Waals surface area contributed by atoms with E-state index in [9.17, 15) is 0 Å². The number of aryl methyl sites for hydroxylation is 1. The highest BCUT2D eigenvalue weighted by molar-refractivity contribution is 5.97. The van der Waals surface area contributed by atoms with E-state index in [1.165, 1.54) is 44.7 Å². The van der Waals surface area contributed by atoms with E-state index in [2.05, 4.69) is 105 Å². The van der Waals surface area contributed by atoms with Crippen molar-refractivity contribution in [3.8, 4) is 5.69 Å². The first kappa shape index (κ1) is 17.4. The molecule has 3 heteroatoms. The second kappa shape index (κ2) is 5.91. The summed E-state index contributed by atoms with van der Waals surface area (Å²) in [6.07, 6.45) is 4.71. The van der Waals surface area contributed by atoms with Gasteiger partial charge in [0.05, 0.1) is 11.2 Å². The molecule has 2 aliphatic rings. The first-order valence-electron chi connectivity index (χ1n) is 10.4. The third kappa shape index (κ3) is 2.10. The van der Waals surface area contributed by atoms with Gasteiger partial charge in [0.25, 0.3) is 0 Å². The zero-order valence-corrected chi connectivity index (χ0v) is 17.7. The zero-order valence-electron chi connectivity index (χ0n) is 17.7. The Kier molecular flexibility index (Phi) is 3.67. The molecule has 2 aliphatic heterocycles. The van der Waals surface area contributed by atoms with Crippen LogP contribution in [0.1, 0.15) is 61.8 Å². The molecule has 5 rings (SSSR count). The normalized spacial score (nSPS) is 20.5. The van der Waals surface area contributed by atoms with E-state index in [0.717, 1.165) is 0 Å². The number of hydrogen-bond acceptors (Lipinski definition) is 2. The summed E-state index contributed by atoms with van der Waals surface area (Å²) in [5, 5.41) is 1.37. The molecule has 0 amide bonds. The Balaban J connectivity index is 1.94. The maximum Gasteiger partial charge on any atom is 0.123 e. The maximum atomic E-state index is 2.56. The van der Waals surface area contributed by atoms with Gasteiger partial charge < -0.3 is 9.80 Å². The molecule has 0 saturated carbocycles. The van der Waals surface area contributed by atoms with Gasteiger partial charge in [-0.3, -0.25) is 4.57 Å². The summed E-state index contributed by atoms with van der Waals surface area (Å²) in [6, 6.07) is 13.7. The lowest BCUT2D eigenvalue weighted by atomic mass is 9.84. The summed E-state index contributed by atoms with van der Waals surface area (Å²) in [4.78, 5) is 4.70. The third-order valence-electron chi connectivity index (χ3n) is 6.82. The molecule has 0 radical (unpaired) electrons. The highest BCUT2D eigenvalue weighted by Crippen LogP contribution is 2.48. The van der Waals surface area contributed by atoms with Crippen LogP contribution in [-0.2, 0) is 0 Å². The van der Waals surface area contributed by atoms with Crippen molar-refractivity contribution in [3.63, 3.8) is 0 Å². The van der Waals surface area contributed by atoms with E-state index in [1.807, 2.05) is 0 Å². The number of aromatic nitrogens is 1. The summed E-state index contributed by atoms with van der Waals surface area (Å²) in [7, 11) is 2.15. The largest absolute Gasteiger partial charge is 0.359 e. The summed E-state index contributed by atoms with van der Waals surface area (Å²) in [5.41, 5.74) is 8.45. The van der Waals surface area contributed by atoms with Gasteiger partial charge in [-0.15, -0.1) is 0 Å². The first-order chi connectivity index (χ1) is 13.4. The Bertz CT molecular complexity index is 1120. The van der Waals surface area contributed by atoms with E-state index in [0.29, 0.717) is 18.0 Å². The summed E-state index contributed by atoms with van der Waals surface area (Å²) in [6.45, 7) is 11.5. The van der Waals surface area contributed by atoms with E-state index in [-0.39, 0.29) is 0 Å².